The fraction of sp³-hybridized carbons (Fsp3) is 0.333. The number of hydrogen-bond donors (Lipinski definition) is 1. The van der Waals surface area contributed by atoms with Crippen LogP contribution in [-0.4, -0.2) is 12.4 Å². The van der Waals surface area contributed by atoms with Gasteiger partial charge in [-0.15, -0.1) is 0 Å². The van der Waals surface area contributed by atoms with Gasteiger partial charge in [-0.1, -0.05) is 13.5 Å². The van der Waals surface area contributed by atoms with Crippen molar-refractivity contribution in [1.29, 1.82) is 0 Å². The molecular weight excluding hydrogens is 134 g/mol. The predicted octanol–water partition coefficient (Wildman–Crippen LogP) is 0.185. The van der Waals surface area contributed by atoms with Crippen molar-refractivity contribution < 1.29 is 14.3 Å². The monoisotopic (exact) mass is 145 g/mol. The number of carbonyl (C=O) groups excluding carboxylic acids is 2. The summed E-state index contributed by atoms with van der Waals surface area (Å²) < 4.78 is 4.32. The molecule has 0 aromatic rings. The minimum absolute atomic E-state index is 0.241. The second-order valence-corrected chi connectivity index (χ2v) is 1.15. The Labute approximate surface area is 59.7 Å². The van der Waals surface area contributed by atoms with Gasteiger partial charge in [0.05, 0.1) is 6.26 Å². The number of nitrogens with two attached hydrogens (primary N) is 1. The van der Waals surface area contributed by atoms with Crippen LogP contribution in [0.15, 0.2) is 12.8 Å². The van der Waals surface area contributed by atoms with Crippen LogP contribution in [0.3, 0.4) is 0 Å². The van der Waals surface area contributed by atoms with Crippen LogP contribution in [0.25, 0.3) is 0 Å². The molecule has 0 aliphatic heterocycles. The summed E-state index contributed by atoms with van der Waals surface area (Å²) in [6.45, 7) is 4.93. The zero-order valence-corrected chi connectivity index (χ0v) is 5.87. The standard InChI is InChI=1S/C5H8O2.CH3NO/c1-3-5(6)7-4-2;2-1-3/h4H,2-3H2,1H3;1H,(H2,2,3). The van der Waals surface area contributed by atoms with Crippen molar-refractivity contribution in [1.82, 2.24) is 0 Å². The Bertz CT molecular complexity index is 112. The fourth-order valence-corrected chi connectivity index (χ4v) is 0.176. The first kappa shape index (κ1) is 11.5. The van der Waals surface area contributed by atoms with Crippen molar-refractivity contribution in [2.45, 2.75) is 13.3 Å². The third kappa shape index (κ3) is 15.9. The molecule has 1 amide bonds. The lowest BCUT2D eigenvalue weighted by Gasteiger charge is -1.88. The number of esters is 1. The van der Waals surface area contributed by atoms with Crippen molar-refractivity contribution in [3.05, 3.63) is 12.8 Å². The van der Waals surface area contributed by atoms with Gasteiger partial charge < -0.3 is 10.5 Å². The molecule has 0 saturated heterocycles. The van der Waals surface area contributed by atoms with Crippen LogP contribution in [0.2, 0.25) is 0 Å². The molecule has 10 heavy (non-hydrogen) atoms. The van der Waals surface area contributed by atoms with Gasteiger partial charge in [0, 0.05) is 6.42 Å². The van der Waals surface area contributed by atoms with Gasteiger partial charge in [0.1, 0.15) is 0 Å². The maximum Gasteiger partial charge on any atom is 0.310 e. The highest BCUT2D eigenvalue weighted by Gasteiger charge is 1.89. The summed E-state index contributed by atoms with van der Waals surface area (Å²) in [7, 11) is 0. The summed E-state index contributed by atoms with van der Waals surface area (Å²) >= 11 is 0. The molecule has 2 N–H and O–H groups in total. The average molecular weight is 145 g/mol. The number of hydrogen-bond acceptors (Lipinski definition) is 3. The van der Waals surface area contributed by atoms with Crippen molar-refractivity contribution in [3.8, 4) is 0 Å². The first-order chi connectivity index (χ1) is 4.72. The average Bonchev–Trinajstić information content (AvgIpc) is 1.90. The molecule has 4 heteroatoms. The van der Waals surface area contributed by atoms with Gasteiger partial charge in [-0.3, -0.25) is 9.59 Å². The normalized spacial score (nSPS) is 6.50. The number of primary amides is 1. The second-order valence-electron chi connectivity index (χ2n) is 1.15. The van der Waals surface area contributed by atoms with E-state index < -0.39 is 0 Å². The van der Waals surface area contributed by atoms with Gasteiger partial charge >= 0.3 is 5.97 Å². The highest BCUT2D eigenvalue weighted by molar-refractivity contribution is 5.69. The van der Waals surface area contributed by atoms with E-state index in [4.69, 9.17) is 4.79 Å². The highest BCUT2D eigenvalue weighted by atomic mass is 16.5. The maximum absolute atomic E-state index is 10.1. The highest BCUT2D eigenvalue weighted by Crippen LogP contribution is 1.81. The van der Waals surface area contributed by atoms with E-state index >= 15 is 0 Å². The van der Waals surface area contributed by atoms with Gasteiger partial charge in [-0.05, 0) is 0 Å². The molecule has 0 atom stereocenters. The van der Waals surface area contributed by atoms with Crippen LogP contribution < -0.4 is 5.73 Å². The van der Waals surface area contributed by atoms with Crippen LogP contribution in [-0.2, 0) is 14.3 Å². The molecule has 0 aromatic heterocycles. The summed E-state index contributed by atoms with van der Waals surface area (Å²) in [6.07, 6.45) is 1.79. The van der Waals surface area contributed by atoms with Crippen molar-refractivity contribution in [2.75, 3.05) is 0 Å². The molecule has 0 fully saturated rings. The maximum atomic E-state index is 10.1. The van der Waals surface area contributed by atoms with E-state index in [9.17, 15) is 4.79 Å². The van der Waals surface area contributed by atoms with Crippen molar-refractivity contribution >= 4 is 12.4 Å². The molecule has 58 valence electrons. The van der Waals surface area contributed by atoms with E-state index in [1.807, 2.05) is 0 Å². The van der Waals surface area contributed by atoms with Crippen molar-refractivity contribution in [2.24, 2.45) is 5.73 Å². The predicted molar refractivity (Wildman–Crippen MR) is 36.8 cm³/mol. The lowest BCUT2D eigenvalue weighted by Crippen LogP contribution is -1.94. The minimum atomic E-state index is -0.241. The molecule has 4 nitrogen and oxygen atoms in total. The van der Waals surface area contributed by atoms with Crippen LogP contribution in [0.1, 0.15) is 13.3 Å². The molecule has 0 unspecified atom stereocenters. The summed E-state index contributed by atoms with van der Waals surface area (Å²) in [5.74, 6) is -0.241. The molecule has 0 aliphatic carbocycles. The lowest BCUT2D eigenvalue weighted by molar-refractivity contribution is -0.137. The largest absolute Gasteiger partial charge is 0.435 e. The van der Waals surface area contributed by atoms with E-state index in [2.05, 4.69) is 17.0 Å². The zero-order valence-electron chi connectivity index (χ0n) is 5.87. The number of rotatable bonds is 2. The van der Waals surface area contributed by atoms with Crippen LogP contribution in [0.4, 0.5) is 0 Å². The number of carbonyl (C=O) groups is 2. The smallest absolute Gasteiger partial charge is 0.310 e. The Morgan fingerprint density at radius 2 is 2.20 bits per heavy atom. The van der Waals surface area contributed by atoms with Gasteiger partial charge in [-0.2, -0.15) is 0 Å². The Balaban J connectivity index is 0. The molecule has 0 saturated carbocycles. The molecule has 0 bridgehead atoms. The Hall–Kier alpha value is -1.32. The SMILES string of the molecule is C=COC(=O)CC.NC=O. The number of amides is 1. The lowest BCUT2D eigenvalue weighted by atomic mass is 10.5. The van der Waals surface area contributed by atoms with E-state index in [1.54, 1.807) is 6.92 Å². The third-order valence-electron chi connectivity index (χ3n) is 0.503. The quantitative estimate of drug-likeness (QED) is 0.342. The van der Waals surface area contributed by atoms with Gasteiger partial charge in [-0.25, -0.2) is 0 Å². The van der Waals surface area contributed by atoms with Crippen LogP contribution in [0.5, 0.6) is 0 Å². The topological polar surface area (TPSA) is 69.4 Å². The molecule has 0 aromatic carbocycles. The molecular formula is C6H11NO3. The Morgan fingerprint density at radius 1 is 1.80 bits per heavy atom. The number of ether oxygens (including phenoxy) is 1. The Morgan fingerprint density at radius 3 is 2.30 bits per heavy atom. The summed E-state index contributed by atoms with van der Waals surface area (Å²) in [5, 5.41) is 0. The van der Waals surface area contributed by atoms with Gasteiger partial charge in [0.2, 0.25) is 6.41 Å². The van der Waals surface area contributed by atoms with Crippen LogP contribution >= 0.6 is 0 Å². The van der Waals surface area contributed by atoms with Crippen molar-refractivity contribution in [3.63, 3.8) is 0 Å². The fourth-order valence-electron chi connectivity index (χ4n) is 0.176. The van der Waals surface area contributed by atoms with E-state index in [1.165, 1.54) is 0 Å². The van der Waals surface area contributed by atoms with E-state index in [0.717, 1.165) is 6.26 Å². The minimum Gasteiger partial charge on any atom is -0.435 e. The summed E-state index contributed by atoms with van der Waals surface area (Å²) in [6, 6.07) is 0. The van der Waals surface area contributed by atoms with Crippen LogP contribution in [0, 0.1) is 0 Å². The molecule has 0 rings (SSSR count). The summed E-state index contributed by atoms with van der Waals surface area (Å²) in [4.78, 5) is 18.7. The molecule has 0 heterocycles. The second kappa shape index (κ2) is 10.6. The zero-order chi connectivity index (χ0) is 8.41. The van der Waals surface area contributed by atoms with E-state index in [0.29, 0.717) is 6.42 Å². The molecule has 0 aliphatic rings. The first-order valence-electron chi connectivity index (χ1n) is 2.68. The summed E-state index contributed by atoms with van der Waals surface area (Å²) in [5.41, 5.74) is 4.17. The Kier molecular flexibility index (Phi) is 12.2. The van der Waals surface area contributed by atoms with Gasteiger partial charge in [0.15, 0.2) is 0 Å². The molecule has 0 radical (unpaired) electrons. The molecule has 0 spiro atoms. The third-order valence-corrected chi connectivity index (χ3v) is 0.503. The van der Waals surface area contributed by atoms with E-state index in [-0.39, 0.29) is 12.4 Å². The van der Waals surface area contributed by atoms with Gasteiger partial charge in [0.25, 0.3) is 0 Å². The first-order valence-corrected chi connectivity index (χ1v) is 2.68.